The Hall–Kier alpha value is -1.79. The van der Waals surface area contributed by atoms with Crippen molar-refractivity contribution in [2.24, 2.45) is 0 Å². The summed E-state index contributed by atoms with van der Waals surface area (Å²) in [4.78, 5) is 13.5. The minimum Gasteiger partial charge on any atom is -0.461 e. The van der Waals surface area contributed by atoms with E-state index in [-0.39, 0.29) is 5.97 Å². The standard InChI is InChI=1S/C13H15NO2/c1-4-11-5-7-12(8-6-11)13(15)16-10-9-14(2)3/h1,5-8H,9-10H2,2-3H3. The molecule has 1 aromatic rings. The Bertz CT molecular complexity index is 387. The van der Waals surface area contributed by atoms with Gasteiger partial charge in [-0.2, -0.15) is 0 Å². The monoisotopic (exact) mass is 217 g/mol. The molecule has 0 radical (unpaired) electrons. The van der Waals surface area contributed by atoms with Crippen LogP contribution in [-0.2, 0) is 4.74 Å². The van der Waals surface area contributed by atoms with Crippen molar-refractivity contribution < 1.29 is 9.53 Å². The Kier molecular flexibility index (Phi) is 4.56. The molecule has 0 N–H and O–H groups in total. The van der Waals surface area contributed by atoms with E-state index in [0.29, 0.717) is 18.7 Å². The highest BCUT2D eigenvalue weighted by atomic mass is 16.5. The summed E-state index contributed by atoms with van der Waals surface area (Å²) in [5, 5.41) is 0. The molecule has 0 aliphatic heterocycles. The number of carbonyl (C=O) groups is 1. The van der Waals surface area contributed by atoms with Crippen LogP contribution in [0.5, 0.6) is 0 Å². The maximum Gasteiger partial charge on any atom is 0.338 e. The van der Waals surface area contributed by atoms with Gasteiger partial charge in [-0.3, -0.25) is 0 Å². The number of nitrogens with zero attached hydrogens (tertiary/aromatic N) is 1. The van der Waals surface area contributed by atoms with Gasteiger partial charge in [0.1, 0.15) is 6.61 Å². The van der Waals surface area contributed by atoms with Gasteiger partial charge in [-0.25, -0.2) is 4.79 Å². The Morgan fingerprint density at radius 2 is 2.00 bits per heavy atom. The van der Waals surface area contributed by atoms with Crippen LogP contribution in [0.1, 0.15) is 15.9 Å². The van der Waals surface area contributed by atoms with Crippen molar-refractivity contribution in [3.05, 3.63) is 35.4 Å². The molecule has 0 saturated carbocycles. The minimum absolute atomic E-state index is 0.314. The first-order valence-corrected chi connectivity index (χ1v) is 5.02. The molecule has 16 heavy (non-hydrogen) atoms. The lowest BCUT2D eigenvalue weighted by Crippen LogP contribution is -2.20. The van der Waals surface area contributed by atoms with E-state index in [1.165, 1.54) is 0 Å². The van der Waals surface area contributed by atoms with Gasteiger partial charge in [0.05, 0.1) is 5.56 Å². The number of esters is 1. The second-order valence-electron chi connectivity index (χ2n) is 3.66. The number of likely N-dealkylation sites (N-methyl/N-ethyl adjacent to an activating group) is 1. The number of rotatable bonds is 4. The van der Waals surface area contributed by atoms with Gasteiger partial charge in [0, 0.05) is 12.1 Å². The minimum atomic E-state index is -0.314. The van der Waals surface area contributed by atoms with Crippen molar-refractivity contribution >= 4 is 5.97 Å². The molecular weight excluding hydrogens is 202 g/mol. The van der Waals surface area contributed by atoms with Crippen LogP contribution >= 0.6 is 0 Å². The third-order valence-electron chi connectivity index (χ3n) is 2.06. The summed E-state index contributed by atoms with van der Waals surface area (Å²) in [5.74, 6) is 2.18. The maximum atomic E-state index is 11.5. The molecule has 0 bridgehead atoms. The fourth-order valence-corrected chi connectivity index (χ4v) is 1.11. The number of carbonyl (C=O) groups excluding carboxylic acids is 1. The molecule has 0 heterocycles. The summed E-state index contributed by atoms with van der Waals surface area (Å²) in [6.45, 7) is 1.11. The zero-order valence-corrected chi connectivity index (χ0v) is 9.56. The van der Waals surface area contributed by atoms with Crippen LogP contribution in [0.15, 0.2) is 24.3 Å². The summed E-state index contributed by atoms with van der Waals surface area (Å²) in [5.41, 5.74) is 1.28. The van der Waals surface area contributed by atoms with Gasteiger partial charge in [-0.15, -0.1) is 6.42 Å². The predicted molar refractivity (Wildman–Crippen MR) is 63.2 cm³/mol. The Balaban J connectivity index is 2.50. The number of benzene rings is 1. The molecule has 0 aliphatic rings. The van der Waals surface area contributed by atoms with Gasteiger partial charge in [0.25, 0.3) is 0 Å². The lowest BCUT2D eigenvalue weighted by molar-refractivity contribution is 0.0482. The van der Waals surface area contributed by atoms with Gasteiger partial charge in [0.2, 0.25) is 0 Å². The van der Waals surface area contributed by atoms with E-state index in [1.54, 1.807) is 24.3 Å². The largest absolute Gasteiger partial charge is 0.461 e. The number of hydrogen-bond donors (Lipinski definition) is 0. The first-order chi connectivity index (χ1) is 7.63. The van der Waals surface area contributed by atoms with E-state index in [1.807, 2.05) is 19.0 Å². The quantitative estimate of drug-likeness (QED) is 0.564. The molecule has 0 unspecified atom stereocenters. The highest BCUT2D eigenvalue weighted by molar-refractivity contribution is 5.89. The summed E-state index contributed by atoms with van der Waals surface area (Å²) in [6.07, 6.45) is 5.22. The summed E-state index contributed by atoms with van der Waals surface area (Å²) < 4.78 is 5.08. The average Bonchev–Trinajstić information content (AvgIpc) is 2.28. The molecule has 0 atom stereocenters. The molecule has 0 amide bonds. The van der Waals surface area contributed by atoms with E-state index >= 15 is 0 Å². The van der Waals surface area contributed by atoms with E-state index in [0.717, 1.165) is 5.56 Å². The molecule has 1 rings (SSSR count). The van der Waals surface area contributed by atoms with Crippen molar-refractivity contribution in [1.82, 2.24) is 4.90 Å². The van der Waals surface area contributed by atoms with Gasteiger partial charge in [-0.1, -0.05) is 5.92 Å². The molecule has 84 valence electrons. The molecule has 1 aromatic carbocycles. The van der Waals surface area contributed by atoms with Crippen LogP contribution in [0.25, 0.3) is 0 Å². The first-order valence-electron chi connectivity index (χ1n) is 5.02. The molecule has 0 saturated heterocycles. The predicted octanol–water partition coefficient (Wildman–Crippen LogP) is 1.39. The van der Waals surface area contributed by atoms with Crippen LogP contribution in [-0.4, -0.2) is 38.1 Å². The van der Waals surface area contributed by atoms with Crippen molar-refractivity contribution in [2.75, 3.05) is 27.2 Å². The summed E-state index contributed by atoms with van der Waals surface area (Å²) in [7, 11) is 3.85. The van der Waals surface area contributed by atoms with Crippen molar-refractivity contribution in [3.63, 3.8) is 0 Å². The van der Waals surface area contributed by atoms with Crippen LogP contribution in [0, 0.1) is 12.3 Å². The second kappa shape index (κ2) is 5.94. The summed E-state index contributed by atoms with van der Waals surface area (Å²) in [6, 6.07) is 6.80. The fourth-order valence-electron chi connectivity index (χ4n) is 1.11. The van der Waals surface area contributed by atoms with E-state index in [2.05, 4.69) is 5.92 Å². The normalized spacial score (nSPS) is 9.88. The zero-order valence-electron chi connectivity index (χ0n) is 9.56. The van der Waals surface area contributed by atoms with Gasteiger partial charge < -0.3 is 9.64 Å². The van der Waals surface area contributed by atoms with Crippen LogP contribution in [0.2, 0.25) is 0 Å². The zero-order chi connectivity index (χ0) is 12.0. The van der Waals surface area contributed by atoms with E-state index in [9.17, 15) is 4.79 Å². The molecule has 0 fully saturated rings. The Morgan fingerprint density at radius 3 is 2.50 bits per heavy atom. The van der Waals surface area contributed by atoms with E-state index in [4.69, 9.17) is 11.2 Å². The SMILES string of the molecule is C#Cc1ccc(C(=O)OCCN(C)C)cc1. The average molecular weight is 217 g/mol. The van der Waals surface area contributed by atoms with Crippen molar-refractivity contribution in [2.45, 2.75) is 0 Å². The second-order valence-corrected chi connectivity index (χ2v) is 3.66. The van der Waals surface area contributed by atoms with Gasteiger partial charge >= 0.3 is 5.97 Å². The number of ether oxygens (including phenoxy) is 1. The summed E-state index contributed by atoms with van der Waals surface area (Å²) >= 11 is 0. The Labute approximate surface area is 96.0 Å². The van der Waals surface area contributed by atoms with Crippen LogP contribution < -0.4 is 0 Å². The highest BCUT2D eigenvalue weighted by Crippen LogP contribution is 2.04. The van der Waals surface area contributed by atoms with Crippen LogP contribution in [0.4, 0.5) is 0 Å². The fraction of sp³-hybridized carbons (Fsp3) is 0.308. The molecule has 0 spiro atoms. The third-order valence-corrected chi connectivity index (χ3v) is 2.06. The molecule has 0 aliphatic carbocycles. The van der Waals surface area contributed by atoms with Crippen molar-refractivity contribution in [1.29, 1.82) is 0 Å². The first kappa shape index (κ1) is 12.3. The lowest BCUT2D eigenvalue weighted by atomic mass is 10.1. The van der Waals surface area contributed by atoms with Crippen LogP contribution in [0.3, 0.4) is 0 Å². The van der Waals surface area contributed by atoms with E-state index < -0.39 is 0 Å². The lowest BCUT2D eigenvalue weighted by Gasteiger charge is -2.09. The number of terminal acetylenes is 1. The molecule has 0 aromatic heterocycles. The smallest absolute Gasteiger partial charge is 0.338 e. The highest BCUT2D eigenvalue weighted by Gasteiger charge is 2.06. The topological polar surface area (TPSA) is 29.5 Å². The number of hydrogen-bond acceptors (Lipinski definition) is 3. The molecular formula is C13H15NO2. The Morgan fingerprint density at radius 1 is 1.38 bits per heavy atom. The maximum absolute atomic E-state index is 11.5. The van der Waals surface area contributed by atoms with Crippen molar-refractivity contribution in [3.8, 4) is 12.3 Å². The molecule has 3 heteroatoms. The molecule has 3 nitrogen and oxygen atoms in total. The van der Waals surface area contributed by atoms with Gasteiger partial charge in [-0.05, 0) is 38.4 Å². The van der Waals surface area contributed by atoms with Gasteiger partial charge in [0.15, 0.2) is 0 Å². The third kappa shape index (κ3) is 3.76.